The zero-order valence-corrected chi connectivity index (χ0v) is 35.6. The molecule has 54 heavy (non-hydrogen) atoms. The Bertz CT molecular complexity index is 1340. The van der Waals surface area contributed by atoms with Crippen LogP contribution in [0.4, 0.5) is 0 Å². The van der Waals surface area contributed by atoms with Gasteiger partial charge in [-0.2, -0.15) is 0 Å². The molecule has 0 aromatic carbocycles. The summed E-state index contributed by atoms with van der Waals surface area (Å²) in [6.45, 7) is 17.1. The summed E-state index contributed by atoms with van der Waals surface area (Å²) in [6, 6.07) is 0. The van der Waals surface area contributed by atoms with E-state index in [1.807, 2.05) is 36.5 Å². The van der Waals surface area contributed by atoms with Gasteiger partial charge in [0.2, 0.25) is 0 Å². The summed E-state index contributed by atoms with van der Waals surface area (Å²) in [4.78, 5) is 10.1. The Balaban J connectivity index is 0.000000300. The average molecular weight is 740 g/mol. The van der Waals surface area contributed by atoms with Gasteiger partial charge in [0.05, 0.1) is 12.1 Å². The van der Waals surface area contributed by atoms with Crippen LogP contribution in [0.3, 0.4) is 0 Å². The van der Waals surface area contributed by atoms with Crippen molar-refractivity contribution in [3.05, 3.63) is 96.7 Å². The molecule has 0 bridgehead atoms. The second kappa shape index (κ2) is 24.1. The molecular weight excluding hydrogens is 661 g/mol. The lowest BCUT2D eigenvalue weighted by Crippen LogP contribution is -2.50. The van der Waals surface area contributed by atoms with Gasteiger partial charge in [0.1, 0.15) is 0 Å². The summed E-state index contributed by atoms with van der Waals surface area (Å²) in [6.07, 6.45) is 51.5. The van der Waals surface area contributed by atoms with E-state index >= 15 is 0 Å². The van der Waals surface area contributed by atoms with Crippen LogP contribution in [0.25, 0.3) is 0 Å². The third kappa shape index (κ3) is 13.8. The zero-order valence-electron chi connectivity index (χ0n) is 35.6. The van der Waals surface area contributed by atoms with Gasteiger partial charge in [0.25, 0.3) is 0 Å². The van der Waals surface area contributed by atoms with Crippen molar-refractivity contribution in [2.24, 2.45) is 52.3 Å². The van der Waals surface area contributed by atoms with E-state index in [4.69, 9.17) is 0 Å². The third-order valence-electron chi connectivity index (χ3n) is 14.1. The predicted molar refractivity (Wildman–Crippen MR) is 231 cm³/mol. The van der Waals surface area contributed by atoms with Crippen LogP contribution in [0, 0.1) is 52.3 Å². The largest absolute Gasteiger partial charge is 0.545 e. The molecule has 4 aliphatic carbocycles. The van der Waals surface area contributed by atoms with Crippen molar-refractivity contribution in [1.29, 1.82) is 0 Å². The van der Waals surface area contributed by atoms with Crippen LogP contribution in [0.1, 0.15) is 158 Å². The molecule has 3 fully saturated rings. The maximum absolute atomic E-state index is 10.2. The van der Waals surface area contributed by atoms with Crippen LogP contribution in [0.15, 0.2) is 96.7 Å². The van der Waals surface area contributed by atoms with Gasteiger partial charge in [0.15, 0.2) is 0 Å². The monoisotopic (exact) mass is 740 g/mol. The molecule has 1 N–H and O–H groups in total. The Morgan fingerprint density at radius 1 is 0.796 bits per heavy atom. The van der Waals surface area contributed by atoms with Gasteiger partial charge in [0, 0.05) is 0 Å². The molecule has 0 aliphatic heterocycles. The van der Waals surface area contributed by atoms with Crippen molar-refractivity contribution in [3.8, 4) is 0 Å². The number of aliphatic hydroxyl groups excluding tert-OH is 1. The van der Waals surface area contributed by atoms with Crippen LogP contribution in [0.5, 0.6) is 0 Å². The molecule has 0 spiro atoms. The second-order valence-corrected chi connectivity index (χ2v) is 18.0. The molecule has 3 heteroatoms. The van der Waals surface area contributed by atoms with Crippen molar-refractivity contribution in [1.82, 2.24) is 0 Å². The summed E-state index contributed by atoms with van der Waals surface area (Å²) >= 11 is 0. The molecule has 0 heterocycles. The highest BCUT2D eigenvalue weighted by Gasteiger charge is 2.59. The fraction of sp³-hybridized carbons (Fsp3) is 0.667. The van der Waals surface area contributed by atoms with Crippen molar-refractivity contribution in [2.45, 2.75) is 164 Å². The van der Waals surface area contributed by atoms with Gasteiger partial charge >= 0.3 is 0 Å². The lowest BCUT2D eigenvalue weighted by Gasteiger charge is -2.58. The SMILES string of the molecule is CCCCCCCCCC=CC=CC=CC=CC=CC=CC(=O)[O-].CC[C@H](/C=C/[C@@H](C)[C@H]1CC[C@H]2[C@@H]3CC=C4C[C@@H](O)CC[C@]4(C)[C@H]3CC[C@]12C)C(C)C. The number of aliphatic hydroxyl groups is 1. The number of carboxylic acid groups (broad SMARTS) is 1. The summed E-state index contributed by atoms with van der Waals surface area (Å²) in [5.41, 5.74) is 2.51. The van der Waals surface area contributed by atoms with Crippen LogP contribution < -0.4 is 5.11 Å². The maximum atomic E-state index is 10.2. The topological polar surface area (TPSA) is 60.4 Å². The van der Waals surface area contributed by atoms with Crippen LogP contribution in [-0.4, -0.2) is 17.2 Å². The molecule has 3 nitrogen and oxygen atoms in total. The Labute approximate surface area is 332 Å². The lowest BCUT2D eigenvalue weighted by atomic mass is 9.47. The first kappa shape index (κ1) is 45.7. The molecule has 0 amide bonds. The number of hydrogen-bond donors (Lipinski definition) is 1. The van der Waals surface area contributed by atoms with Crippen LogP contribution >= 0.6 is 0 Å². The molecule has 3 saturated carbocycles. The first-order chi connectivity index (χ1) is 26.0. The maximum Gasteiger partial charge on any atom is 0.0642 e. The zero-order chi connectivity index (χ0) is 39.4. The first-order valence-electron chi connectivity index (χ1n) is 22.2. The first-order valence-corrected chi connectivity index (χ1v) is 22.2. The number of rotatable bonds is 19. The molecule has 4 rings (SSSR count). The highest BCUT2D eigenvalue weighted by molar-refractivity contribution is 5.77. The molecular formula is C51H79O3-. The molecule has 9 atom stereocenters. The number of carbonyl (C=O) groups is 1. The molecule has 0 saturated heterocycles. The van der Waals surface area contributed by atoms with E-state index in [-0.39, 0.29) is 6.10 Å². The minimum Gasteiger partial charge on any atom is -0.545 e. The van der Waals surface area contributed by atoms with E-state index in [9.17, 15) is 15.0 Å². The van der Waals surface area contributed by atoms with E-state index in [1.165, 1.54) is 96.0 Å². The molecule has 0 unspecified atom stereocenters. The van der Waals surface area contributed by atoms with Gasteiger partial charge in [-0.25, -0.2) is 0 Å². The Morgan fingerprint density at radius 3 is 2.06 bits per heavy atom. The van der Waals surface area contributed by atoms with E-state index in [2.05, 4.69) is 78.8 Å². The summed E-state index contributed by atoms with van der Waals surface area (Å²) < 4.78 is 0. The van der Waals surface area contributed by atoms with Gasteiger partial charge in [-0.1, -0.05) is 178 Å². The highest BCUT2D eigenvalue weighted by atomic mass is 16.4. The fourth-order valence-electron chi connectivity index (χ4n) is 10.9. The van der Waals surface area contributed by atoms with Gasteiger partial charge in [-0.3, -0.25) is 0 Å². The minimum absolute atomic E-state index is 0.0870. The normalized spacial score (nSPS) is 31.1. The van der Waals surface area contributed by atoms with Crippen molar-refractivity contribution in [3.63, 3.8) is 0 Å². The number of carbonyl (C=O) groups excluding carboxylic acids is 1. The number of aliphatic carboxylic acids is 1. The second-order valence-electron chi connectivity index (χ2n) is 18.0. The molecule has 0 aromatic heterocycles. The number of fused-ring (bicyclic) bond motifs is 5. The van der Waals surface area contributed by atoms with Gasteiger partial charge < -0.3 is 15.0 Å². The number of carboxylic acids is 1. The number of hydrogen-bond acceptors (Lipinski definition) is 3. The molecule has 4 aliphatic rings. The fourth-order valence-corrected chi connectivity index (χ4v) is 10.9. The van der Waals surface area contributed by atoms with E-state index in [0.717, 1.165) is 60.8 Å². The van der Waals surface area contributed by atoms with Crippen molar-refractivity contribution >= 4 is 5.97 Å². The Hall–Kier alpha value is -2.65. The van der Waals surface area contributed by atoms with Crippen molar-refractivity contribution in [2.75, 3.05) is 0 Å². The summed E-state index contributed by atoms with van der Waals surface area (Å²) in [5.74, 6) is 4.51. The van der Waals surface area contributed by atoms with Crippen molar-refractivity contribution < 1.29 is 15.0 Å². The van der Waals surface area contributed by atoms with Crippen LogP contribution in [0.2, 0.25) is 0 Å². The summed E-state index contributed by atoms with van der Waals surface area (Å²) in [7, 11) is 0. The molecule has 0 aromatic rings. The van der Waals surface area contributed by atoms with E-state index < -0.39 is 5.97 Å². The lowest BCUT2D eigenvalue weighted by molar-refractivity contribution is -0.297. The number of allylic oxidation sites excluding steroid dienone is 14. The smallest absolute Gasteiger partial charge is 0.0642 e. The Morgan fingerprint density at radius 2 is 1.43 bits per heavy atom. The molecule has 302 valence electrons. The Kier molecular flexibility index (Phi) is 20.4. The molecule has 0 radical (unpaired) electrons. The summed E-state index contributed by atoms with van der Waals surface area (Å²) in [5, 5.41) is 20.3. The highest BCUT2D eigenvalue weighted by Crippen LogP contribution is 2.67. The minimum atomic E-state index is -1.19. The predicted octanol–water partition coefficient (Wildman–Crippen LogP) is 13.0. The number of unbranched alkanes of at least 4 members (excludes halogenated alkanes) is 7. The third-order valence-corrected chi connectivity index (χ3v) is 14.1. The quantitative estimate of drug-likeness (QED) is 0.0621. The average Bonchev–Trinajstić information content (AvgIpc) is 3.50. The van der Waals surface area contributed by atoms with E-state index in [1.54, 1.807) is 17.7 Å². The van der Waals surface area contributed by atoms with Gasteiger partial charge in [-0.15, -0.1) is 0 Å². The van der Waals surface area contributed by atoms with Gasteiger partial charge in [-0.05, 0) is 129 Å². The van der Waals surface area contributed by atoms with E-state index in [0.29, 0.717) is 16.7 Å². The standard InChI is InChI=1S/C29H48O.C22H32O2/c1-7-21(19(2)3)9-8-20(4)25-12-13-26-24-11-10-22-18-23(30)14-16-28(22,5)27(24)15-17-29(25,26)6;1-2-3-4-5-6-7-8-9-10-11-12-13-14-15-16-17-18-19-20-21-22(23)24/h8-10,19-21,23-27,30H,7,11-18H2,1-6H3;10-21H,2-9H2,1H3,(H,23,24)/p-1/b9-8+;/t20-,21-,23+,24+,25-,26+,27+,28+,29-;/m1./s1. The van der Waals surface area contributed by atoms with Crippen LogP contribution in [-0.2, 0) is 4.79 Å².